The van der Waals surface area contributed by atoms with Gasteiger partial charge in [0.05, 0.1) is 0 Å². The molecule has 1 unspecified atom stereocenters. The second kappa shape index (κ2) is 4.84. The van der Waals surface area contributed by atoms with E-state index in [0.717, 1.165) is 0 Å². The summed E-state index contributed by atoms with van der Waals surface area (Å²) < 4.78 is 21.6. The molecular formula is C5H14N2O6P2. The SMILES string of the molecule is CC(=N)C(N)CC(P(=O)(O)O)P(=O)(O)O. The Balaban J connectivity index is 4.94. The Labute approximate surface area is 86.3 Å². The lowest BCUT2D eigenvalue weighted by Gasteiger charge is -2.22. The molecule has 0 radical (unpaired) electrons. The van der Waals surface area contributed by atoms with Gasteiger partial charge in [0.1, 0.15) is 0 Å². The van der Waals surface area contributed by atoms with Crippen molar-refractivity contribution < 1.29 is 28.7 Å². The zero-order valence-electron chi connectivity index (χ0n) is 7.94. The third kappa shape index (κ3) is 4.99. The summed E-state index contributed by atoms with van der Waals surface area (Å²) in [6.07, 6.45) is -0.621. The second-order valence-electron chi connectivity index (χ2n) is 3.18. The molecule has 0 aliphatic heterocycles. The Morgan fingerprint density at radius 3 is 1.80 bits per heavy atom. The average molecular weight is 260 g/mol. The summed E-state index contributed by atoms with van der Waals surface area (Å²) in [5, 5.41) is 4.93. The molecule has 0 bridgehead atoms. The minimum atomic E-state index is -4.93. The van der Waals surface area contributed by atoms with Gasteiger partial charge in [0.25, 0.3) is 0 Å². The van der Waals surface area contributed by atoms with Crippen LogP contribution in [0.2, 0.25) is 0 Å². The van der Waals surface area contributed by atoms with Gasteiger partial charge in [0, 0.05) is 11.8 Å². The highest BCUT2D eigenvalue weighted by atomic mass is 31.2. The molecule has 8 nitrogen and oxygen atoms in total. The molecule has 0 aromatic rings. The van der Waals surface area contributed by atoms with E-state index in [1.807, 2.05) is 0 Å². The van der Waals surface area contributed by atoms with Crippen LogP contribution in [0.4, 0.5) is 0 Å². The molecular weight excluding hydrogens is 246 g/mol. The Kier molecular flexibility index (Phi) is 4.82. The first-order chi connectivity index (χ1) is 6.46. The third-order valence-electron chi connectivity index (χ3n) is 1.80. The van der Waals surface area contributed by atoms with E-state index in [0.29, 0.717) is 0 Å². The summed E-state index contributed by atoms with van der Waals surface area (Å²) in [6.45, 7) is 1.29. The maximum Gasteiger partial charge on any atom is 0.340 e. The molecule has 7 N–H and O–H groups in total. The number of nitrogens with one attached hydrogen (secondary N) is 1. The van der Waals surface area contributed by atoms with Gasteiger partial charge in [-0.3, -0.25) is 9.13 Å². The zero-order valence-corrected chi connectivity index (χ0v) is 9.73. The summed E-state index contributed by atoms with van der Waals surface area (Å²) in [5.41, 5.74) is 5.20. The molecule has 0 saturated heterocycles. The molecule has 0 heterocycles. The van der Waals surface area contributed by atoms with Crippen LogP contribution >= 0.6 is 15.2 Å². The largest absolute Gasteiger partial charge is 0.340 e. The van der Waals surface area contributed by atoms with Crippen molar-refractivity contribution in [2.75, 3.05) is 0 Å². The fraction of sp³-hybridized carbons (Fsp3) is 0.800. The minimum Gasteiger partial charge on any atom is -0.324 e. The molecule has 0 saturated carbocycles. The molecule has 0 amide bonds. The van der Waals surface area contributed by atoms with Crippen molar-refractivity contribution in [3.05, 3.63) is 0 Å². The van der Waals surface area contributed by atoms with E-state index in [1.54, 1.807) is 0 Å². The third-order valence-corrected chi connectivity index (χ3v) is 5.58. The Morgan fingerprint density at radius 2 is 1.60 bits per heavy atom. The number of rotatable bonds is 5. The average Bonchev–Trinajstić information content (AvgIpc) is 1.94. The first-order valence-electron chi connectivity index (χ1n) is 3.87. The molecule has 0 aliphatic carbocycles. The van der Waals surface area contributed by atoms with Crippen molar-refractivity contribution in [2.45, 2.75) is 24.8 Å². The van der Waals surface area contributed by atoms with Gasteiger partial charge < -0.3 is 30.7 Å². The maximum atomic E-state index is 10.8. The van der Waals surface area contributed by atoms with Gasteiger partial charge in [-0.15, -0.1) is 0 Å². The summed E-state index contributed by atoms with van der Waals surface area (Å²) >= 11 is 0. The fourth-order valence-corrected chi connectivity index (χ4v) is 3.45. The van der Waals surface area contributed by atoms with Gasteiger partial charge >= 0.3 is 15.2 Å². The predicted octanol–water partition coefficient (Wildman–Crippen LogP) is -0.575. The van der Waals surface area contributed by atoms with E-state index >= 15 is 0 Å². The highest BCUT2D eigenvalue weighted by Crippen LogP contribution is 2.61. The molecule has 0 spiro atoms. The Hall–Kier alpha value is -0.0700. The van der Waals surface area contributed by atoms with Crippen molar-refractivity contribution in [3.63, 3.8) is 0 Å². The van der Waals surface area contributed by atoms with Crippen LogP contribution in [0.15, 0.2) is 0 Å². The lowest BCUT2D eigenvalue weighted by Crippen LogP contribution is -2.32. The summed E-state index contributed by atoms with van der Waals surface area (Å²) in [6, 6.07) is -1.07. The highest BCUT2D eigenvalue weighted by molar-refractivity contribution is 7.70. The van der Waals surface area contributed by atoms with Gasteiger partial charge in [-0.1, -0.05) is 0 Å². The number of hydrogen-bond acceptors (Lipinski definition) is 4. The lowest BCUT2D eigenvalue weighted by molar-refractivity contribution is 0.334. The standard InChI is InChI=1S/C5H14N2O6P2/c1-3(6)4(7)2-5(14(8,9)10)15(11,12)13/h4-6H,2,7H2,1H3,(H2,8,9,10)(H2,11,12,13). The summed E-state index contributed by atoms with van der Waals surface area (Å²) in [4.78, 5) is 34.9. The Morgan fingerprint density at radius 1 is 1.27 bits per heavy atom. The number of nitrogens with two attached hydrogens (primary N) is 1. The molecule has 0 fully saturated rings. The molecule has 15 heavy (non-hydrogen) atoms. The summed E-state index contributed by atoms with van der Waals surface area (Å²) in [5.74, 6) is 0. The van der Waals surface area contributed by atoms with Gasteiger partial charge in [-0.25, -0.2) is 0 Å². The van der Waals surface area contributed by atoms with Crippen molar-refractivity contribution in [1.82, 2.24) is 0 Å². The van der Waals surface area contributed by atoms with Crippen LogP contribution in [0.3, 0.4) is 0 Å². The molecule has 0 rings (SSSR count). The fourth-order valence-electron chi connectivity index (χ4n) is 0.874. The van der Waals surface area contributed by atoms with Crippen LogP contribution < -0.4 is 5.73 Å². The van der Waals surface area contributed by atoms with Crippen molar-refractivity contribution in [1.29, 1.82) is 5.41 Å². The predicted molar refractivity (Wildman–Crippen MR) is 53.9 cm³/mol. The van der Waals surface area contributed by atoms with E-state index in [2.05, 4.69) is 0 Å². The van der Waals surface area contributed by atoms with Crippen LogP contribution in [-0.2, 0) is 9.13 Å². The van der Waals surface area contributed by atoms with E-state index in [-0.39, 0.29) is 5.71 Å². The maximum absolute atomic E-state index is 10.8. The first kappa shape index (κ1) is 14.9. The van der Waals surface area contributed by atoms with Crippen LogP contribution in [0, 0.1) is 5.41 Å². The van der Waals surface area contributed by atoms with E-state index in [4.69, 9.17) is 30.7 Å². The van der Waals surface area contributed by atoms with Crippen LogP contribution in [0.5, 0.6) is 0 Å². The molecule has 10 heteroatoms. The van der Waals surface area contributed by atoms with Gasteiger partial charge in [0.2, 0.25) is 0 Å². The van der Waals surface area contributed by atoms with Crippen LogP contribution in [-0.4, -0.2) is 36.7 Å². The van der Waals surface area contributed by atoms with Gasteiger partial charge in [-0.05, 0) is 13.3 Å². The van der Waals surface area contributed by atoms with Crippen molar-refractivity contribution in [2.24, 2.45) is 5.73 Å². The quantitative estimate of drug-likeness (QED) is 0.284. The van der Waals surface area contributed by atoms with Crippen LogP contribution in [0.25, 0.3) is 0 Å². The smallest absolute Gasteiger partial charge is 0.324 e. The van der Waals surface area contributed by atoms with Crippen LogP contribution in [0.1, 0.15) is 13.3 Å². The second-order valence-corrected chi connectivity index (χ2v) is 7.19. The van der Waals surface area contributed by atoms with Crippen molar-refractivity contribution in [3.8, 4) is 0 Å². The lowest BCUT2D eigenvalue weighted by atomic mass is 10.1. The number of hydrogen-bond donors (Lipinski definition) is 6. The topological polar surface area (TPSA) is 165 Å². The van der Waals surface area contributed by atoms with E-state index < -0.39 is 33.1 Å². The summed E-state index contributed by atoms with van der Waals surface area (Å²) in [7, 11) is -9.86. The highest BCUT2D eigenvalue weighted by Gasteiger charge is 2.44. The van der Waals surface area contributed by atoms with Gasteiger partial charge in [-0.2, -0.15) is 0 Å². The van der Waals surface area contributed by atoms with Crippen molar-refractivity contribution >= 4 is 20.9 Å². The zero-order chi connectivity index (χ0) is 12.4. The molecule has 0 aliphatic rings. The molecule has 1 atom stereocenters. The van der Waals surface area contributed by atoms with E-state index in [1.165, 1.54) is 6.92 Å². The van der Waals surface area contributed by atoms with Gasteiger partial charge in [0.15, 0.2) is 5.40 Å². The normalized spacial score (nSPS) is 15.4. The Bertz CT molecular complexity index is 310. The monoisotopic (exact) mass is 260 g/mol. The first-order valence-corrected chi connectivity index (χ1v) is 7.23. The molecule has 0 aromatic carbocycles. The minimum absolute atomic E-state index is 0.0955. The molecule has 90 valence electrons. The van der Waals surface area contributed by atoms with E-state index in [9.17, 15) is 9.13 Å². The molecule has 0 aromatic heterocycles.